The van der Waals surface area contributed by atoms with E-state index in [9.17, 15) is 24.2 Å². The quantitative estimate of drug-likeness (QED) is 0.555. The SMILES string of the molecule is O=C(O)c1cccc2c1oc1c(C(=O)O)ccc(-c3ccccc3F)c12. The summed E-state index contributed by atoms with van der Waals surface area (Å²) in [6.45, 7) is 0. The van der Waals surface area contributed by atoms with E-state index in [-0.39, 0.29) is 27.9 Å². The second-order valence-corrected chi connectivity index (χ2v) is 5.74. The Morgan fingerprint density at radius 3 is 2.15 bits per heavy atom. The summed E-state index contributed by atoms with van der Waals surface area (Å²) < 4.78 is 20.0. The van der Waals surface area contributed by atoms with E-state index < -0.39 is 17.8 Å². The molecule has 4 aromatic rings. The smallest absolute Gasteiger partial charge is 0.339 e. The molecule has 0 saturated carbocycles. The maximum Gasteiger partial charge on any atom is 0.339 e. The monoisotopic (exact) mass is 350 g/mol. The highest BCUT2D eigenvalue weighted by molar-refractivity contribution is 6.20. The molecule has 0 bridgehead atoms. The third-order valence-electron chi connectivity index (χ3n) is 4.27. The Labute approximate surface area is 145 Å². The number of carboxylic acid groups (broad SMARTS) is 2. The zero-order chi connectivity index (χ0) is 18.4. The van der Waals surface area contributed by atoms with Gasteiger partial charge in [0.1, 0.15) is 22.5 Å². The van der Waals surface area contributed by atoms with Crippen molar-refractivity contribution < 1.29 is 28.6 Å². The van der Waals surface area contributed by atoms with Crippen LogP contribution in [0.5, 0.6) is 0 Å². The molecule has 0 aliphatic heterocycles. The van der Waals surface area contributed by atoms with Gasteiger partial charge in [0.25, 0.3) is 0 Å². The van der Waals surface area contributed by atoms with E-state index in [0.29, 0.717) is 16.3 Å². The van der Waals surface area contributed by atoms with Gasteiger partial charge in [-0.05, 0) is 23.8 Å². The highest BCUT2D eigenvalue weighted by Gasteiger charge is 2.23. The van der Waals surface area contributed by atoms with Crippen LogP contribution < -0.4 is 0 Å². The van der Waals surface area contributed by atoms with Crippen molar-refractivity contribution in [2.75, 3.05) is 0 Å². The minimum atomic E-state index is -1.22. The summed E-state index contributed by atoms with van der Waals surface area (Å²) in [6, 6.07) is 13.5. The zero-order valence-corrected chi connectivity index (χ0v) is 13.2. The van der Waals surface area contributed by atoms with E-state index in [0.717, 1.165) is 0 Å². The molecule has 1 aromatic heterocycles. The number of carbonyl (C=O) groups is 2. The number of rotatable bonds is 3. The number of furan rings is 1. The van der Waals surface area contributed by atoms with E-state index >= 15 is 0 Å². The Bertz CT molecular complexity index is 1210. The summed E-state index contributed by atoms with van der Waals surface area (Å²) in [5.74, 6) is -2.88. The lowest BCUT2D eigenvalue weighted by molar-refractivity contribution is 0.0688. The molecule has 4 rings (SSSR count). The number of halogens is 1. The van der Waals surface area contributed by atoms with Crippen molar-refractivity contribution in [1.29, 1.82) is 0 Å². The van der Waals surface area contributed by atoms with Gasteiger partial charge in [0, 0.05) is 16.3 Å². The summed E-state index contributed by atoms with van der Waals surface area (Å²) in [7, 11) is 0. The average molecular weight is 350 g/mol. The summed E-state index contributed by atoms with van der Waals surface area (Å²) in [4.78, 5) is 23.1. The van der Waals surface area contributed by atoms with Crippen molar-refractivity contribution in [2.45, 2.75) is 0 Å². The number of hydrogen-bond donors (Lipinski definition) is 2. The number of aromatic carboxylic acids is 2. The average Bonchev–Trinajstić information content (AvgIpc) is 3.00. The molecule has 26 heavy (non-hydrogen) atoms. The summed E-state index contributed by atoms with van der Waals surface area (Å²) in [6.07, 6.45) is 0. The standard InChI is InChI=1S/C20H11FO5/c21-15-7-2-1-4-10(15)11-8-9-14(20(24)25)18-16(11)12-5-3-6-13(19(22)23)17(12)26-18/h1-9H,(H,22,23)(H,24,25). The third-order valence-corrected chi connectivity index (χ3v) is 4.27. The topological polar surface area (TPSA) is 87.7 Å². The molecule has 0 amide bonds. The molecule has 0 spiro atoms. The Morgan fingerprint density at radius 1 is 0.769 bits per heavy atom. The lowest BCUT2D eigenvalue weighted by atomic mass is 9.96. The molecule has 0 atom stereocenters. The molecule has 5 nitrogen and oxygen atoms in total. The van der Waals surface area contributed by atoms with Gasteiger partial charge in [0.2, 0.25) is 0 Å². The van der Waals surface area contributed by atoms with Crippen molar-refractivity contribution in [3.8, 4) is 11.1 Å². The van der Waals surface area contributed by atoms with Gasteiger partial charge in [-0.25, -0.2) is 14.0 Å². The maximum atomic E-state index is 14.3. The van der Waals surface area contributed by atoms with Crippen LogP contribution >= 0.6 is 0 Å². The Hall–Kier alpha value is -3.67. The number of carboxylic acids is 2. The van der Waals surface area contributed by atoms with E-state index in [2.05, 4.69) is 0 Å². The lowest BCUT2D eigenvalue weighted by Crippen LogP contribution is -1.97. The molecule has 0 aliphatic rings. The minimum Gasteiger partial charge on any atom is -0.478 e. The second kappa shape index (κ2) is 5.70. The number of hydrogen-bond acceptors (Lipinski definition) is 3. The molecule has 0 unspecified atom stereocenters. The number of para-hydroxylation sites is 1. The van der Waals surface area contributed by atoms with Crippen LogP contribution in [0.15, 0.2) is 59.0 Å². The van der Waals surface area contributed by atoms with Crippen LogP contribution in [0.4, 0.5) is 4.39 Å². The normalized spacial score (nSPS) is 11.1. The van der Waals surface area contributed by atoms with Crippen LogP contribution in [0.25, 0.3) is 33.1 Å². The predicted octanol–water partition coefficient (Wildman–Crippen LogP) is 4.79. The fourth-order valence-corrected chi connectivity index (χ4v) is 3.14. The molecule has 2 N–H and O–H groups in total. The first-order valence-corrected chi connectivity index (χ1v) is 7.68. The fraction of sp³-hybridized carbons (Fsp3) is 0. The van der Waals surface area contributed by atoms with Crippen LogP contribution in [0.2, 0.25) is 0 Å². The van der Waals surface area contributed by atoms with Crippen LogP contribution in [-0.4, -0.2) is 22.2 Å². The van der Waals surface area contributed by atoms with Crippen LogP contribution in [-0.2, 0) is 0 Å². The summed E-state index contributed by atoms with van der Waals surface area (Å²) >= 11 is 0. The Balaban J connectivity index is 2.22. The van der Waals surface area contributed by atoms with Crippen molar-refractivity contribution >= 4 is 33.9 Å². The van der Waals surface area contributed by atoms with Gasteiger partial charge in [-0.15, -0.1) is 0 Å². The Kier molecular flexibility index (Phi) is 3.47. The minimum absolute atomic E-state index is 0.0157. The molecule has 0 radical (unpaired) electrons. The van der Waals surface area contributed by atoms with Crippen molar-refractivity contribution in [2.24, 2.45) is 0 Å². The maximum absolute atomic E-state index is 14.3. The van der Waals surface area contributed by atoms with Crippen LogP contribution in [0, 0.1) is 5.82 Å². The van der Waals surface area contributed by atoms with Gasteiger partial charge in [-0.2, -0.15) is 0 Å². The number of fused-ring (bicyclic) bond motifs is 3. The van der Waals surface area contributed by atoms with Crippen LogP contribution in [0.3, 0.4) is 0 Å². The van der Waals surface area contributed by atoms with E-state index in [4.69, 9.17) is 4.42 Å². The Morgan fingerprint density at radius 2 is 1.46 bits per heavy atom. The first-order chi connectivity index (χ1) is 12.5. The molecular formula is C20H11FO5. The number of benzene rings is 3. The highest BCUT2D eigenvalue weighted by atomic mass is 19.1. The zero-order valence-electron chi connectivity index (χ0n) is 13.2. The van der Waals surface area contributed by atoms with Gasteiger partial charge in [0.15, 0.2) is 5.58 Å². The molecule has 0 aliphatic carbocycles. The first-order valence-electron chi connectivity index (χ1n) is 7.68. The predicted molar refractivity (Wildman–Crippen MR) is 93.0 cm³/mol. The van der Waals surface area contributed by atoms with Gasteiger partial charge < -0.3 is 14.6 Å². The molecule has 1 heterocycles. The van der Waals surface area contributed by atoms with E-state index in [1.54, 1.807) is 30.3 Å². The van der Waals surface area contributed by atoms with Crippen molar-refractivity contribution in [1.82, 2.24) is 0 Å². The van der Waals surface area contributed by atoms with Crippen LogP contribution in [0.1, 0.15) is 20.7 Å². The van der Waals surface area contributed by atoms with E-state index in [1.165, 1.54) is 24.3 Å². The van der Waals surface area contributed by atoms with Crippen molar-refractivity contribution in [3.63, 3.8) is 0 Å². The van der Waals surface area contributed by atoms with Crippen molar-refractivity contribution in [3.05, 3.63) is 71.5 Å². The lowest BCUT2D eigenvalue weighted by Gasteiger charge is -2.07. The molecule has 128 valence electrons. The fourth-order valence-electron chi connectivity index (χ4n) is 3.14. The van der Waals surface area contributed by atoms with Gasteiger partial charge in [-0.1, -0.05) is 36.4 Å². The molecule has 3 aromatic carbocycles. The molecular weight excluding hydrogens is 339 g/mol. The van der Waals surface area contributed by atoms with Gasteiger partial charge in [0.05, 0.1) is 0 Å². The summed E-state index contributed by atoms with van der Waals surface area (Å²) in [5, 5.41) is 19.6. The molecule has 0 fully saturated rings. The largest absolute Gasteiger partial charge is 0.478 e. The van der Waals surface area contributed by atoms with E-state index in [1.807, 2.05) is 0 Å². The second-order valence-electron chi connectivity index (χ2n) is 5.74. The highest BCUT2D eigenvalue weighted by Crippen LogP contribution is 2.40. The summed E-state index contributed by atoms with van der Waals surface area (Å²) in [5.41, 5.74) is 0.577. The van der Waals surface area contributed by atoms with Gasteiger partial charge in [-0.3, -0.25) is 0 Å². The molecule has 0 saturated heterocycles. The first kappa shape index (κ1) is 15.8. The third kappa shape index (κ3) is 2.23. The molecule has 6 heteroatoms. The van der Waals surface area contributed by atoms with Gasteiger partial charge >= 0.3 is 11.9 Å².